The number of nitrogens with zero attached hydrogens (tertiary/aromatic N) is 4. The van der Waals surface area contributed by atoms with E-state index in [4.69, 9.17) is 4.98 Å². The predicted molar refractivity (Wildman–Crippen MR) is 134 cm³/mol. The summed E-state index contributed by atoms with van der Waals surface area (Å²) in [6.07, 6.45) is 7.42. The molecule has 6 heterocycles. The molecule has 33 heavy (non-hydrogen) atoms. The normalized spacial score (nSPS) is 11.6. The van der Waals surface area contributed by atoms with Crippen molar-refractivity contribution in [3.63, 3.8) is 0 Å². The highest BCUT2D eigenvalue weighted by molar-refractivity contribution is 7.08. The van der Waals surface area contributed by atoms with Crippen molar-refractivity contribution in [1.82, 2.24) is 30.1 Å². The standard InChI is InChI=1S/C25H21N7S/c1-14(2)28-17-7-16(9-26-10-17)20-3-4-21-24(30-20)25(32-31-21)22-8-18-19(15-5-6-33-13-15)11-27-12-23(18)29-22/h3-14,28-29H,1-2H3,(H,31,32). The topological polar surface area (TPSA) is 95.2 Å². The molecule has 0 unspecified atom stereocenters. The van der Waals surface area contributed by atoms with E-state index in [1.165, 1.54) is 5.56 Å². The summed E-state index contributed by atoms with van der Waals surface area (Å²) >= 11 is 1.68. The fraction of sp³-hybridized carbons (Fsp3) is 0.120. The summed E-state index contributed by atoms with van der Waals surface area (Å²) in [4.78, 5) is 17.2. The highest BCUT2D eigenvalue weighted by Crippen LogP contribution is 2.34. The molecule has 162 valence electrons. The number of aromatic amines is 2. The van der Waals surface area contributed by atoms with E-state index in [0.29, 0.717) is 6.04 Å². The van der Waals surface area contributed by atoms with E-state index >= 15 is 0 Å². The molecule has 6 aromatic rings. The van der Waals surface area contributed by atoms with Crippen LogP contribution in [0.25, 0.3) is 55.7 Å². The Morgan fingerprint density at radius 3 is 2.70 bits per heavy atom. The summed E-state index contributed by atoms with van der Waals surface area (Å²) in [5.41, 5.74) is 9.39. The number of aromatic nitrogens is 6. The van der Waals surface area contributed by atoms with Gasteiger partial charge in [-0.1, -0.05) is 0 Å². The van der Waals surface area contributed by atoms with Crippen LogP contribution in [0.1, 0.15) is 13.8 Å². The van der Waals surface area contributed by atoms with Crippen molar-refractivity contribution in [1.29, 1.82) is 0 Å². The maximum absolute atomic E-state index is 4.95. The zero-order valence-electron chi connectivity index (χ0n) is 18.1. The van der Waals surface area contributed by atoms with Gasteiger partial charge in [-0.2, -0.15) is 16.4 Å². The number of hydrogen-bond donors (Lipinski definition) is 3. The quantitative estimate of drug-likeness (QED) is 0.294. The first kappa shape index (κ1) is 19.6. The first-order valence-electron chi connectivity index (χ1n) is 10.7. The molecular weight excluding hydrogens is 430 g/mol. The second-order valence-electron chi connectivity index (χ2n) is 8.27. The number of hydrogen-bond acceptors (Lipinski definition) is 6. The van der Waals surface area contributed by atoms with E-state index in [9.17, 15) is 0 Å². The first-order chi connectivity index (χ1) is 16.2. The Balaban J connectivity index is 1.45. The maximum atomic E-state index is 4.95. The van der Waals surface area contributed by atoms with Crippen LogP contribution in [0, 0.1) is 0 Å². The zero-order chi connectivity index (χ0) is 22.4. The molecule has 0 radical (unpaired) electrons. The molecule has 0 amide bonds. The van der Waals surface area contributed by atoms with Crippen molar-refractivity contribution in [2.75, 3.05) is 5.32 Å². The van der Waals surface area contributed by atoms with Crippen LogP contribution < -0.4 is 5.32 Å². The zero-order valence-corrected chi connectivity index (χ0v) is 18.9. The van der Waals surface area contributed by atoms with Crippen LogP contribution in [-0.4, -0.2) is 36.2 Å². The Bertz CT molecular complexity index is 1580. The van der Waals surface area contributed by atoms with E-state index in [1.807, 2.05) is 36.9 Å². The van der Waals surface area contributed by atoms with Gasteiger partial charge in [0.1, 0.15) is 11.2 Å². The van der Waals surface area contributed by atoms with Crippen LogP contribution in [-0.2, 0) is 0 Å². The fourth-order valence-electron chi connectivity index (χ4n) is 4.07. The lowest BCUT2D eigenvalue weighted by molar-refractivity contribution is 0.898. The van der Waals surface area contributed by atoms with Crippen LogP contribution in [0.4, 0.5) is 5.69 Å². The van der Waals surface area contributed by atoms with Gasteiger partial charge in [-0.05, 0) is 60.5 Å². The molecule has 0 aliphatic rings. The average Bonchev–Trinajstić information content (AvgIpc) is 3.57. The van der Waals surface area contributed by atoms with Gasteiger partial charge in [0.05, 0.1) is 34.3 Å². The van der Waals surface area contributed by atoms with Crippen molar-refractivity contribution < 1.29 is 0 Å². The minimum absolute atomic E-state index is 0.327. The van der Waals surface area contributed by atoms with E-state index in [-0.39, 0.29) is 0 Å². The summed E-state index contributed by atoms with van der Waals surface area (Å²) in [5.74, 6) is 0. The molecule has 6 aromatic heterocycles. The molecule has 0 bridgehead atoms. The number of rotatable bonds is 5. The minimum Gasteiger partial charge on any atom is -0.382 e. The molecule has 7 nitrogen and oxygen atoms in total. The van der Waals surface area contributed by atoms with Crippen molar-refractivity contribution in [2.24, 2.45) is 0 Å². The fourth-order valence-corrected chi connectivity index (χ4v) is 4.72. The summed E-state index contributed by atoms with van der Waals surface area (Å²) < 4.78 is 0. The highest BCUT2D eigenvalue weighted by Gasteiger charge is 2.16. The Labute approximate surface area is 194 Å². The molecule has 0 spiro atoms. The minimum atomic E-state index is 0.327. The number of H-pyrrole nitrogens is 2. The van der Waals surface area contributed by atoms with Gasteiger partial charge in [0.25, 0.3) is 0 Å². The first-order valence-corrected chi connectivity index (χ1v) is 11.7. The van der Waals surface area contributed by atoms with Gasteiger partial charge in [0.15, 0.2) is 0 Å². The number of thiophene rings is 1. The monoisotopic (exact) mass is 451 g/mol. The molecule has 8 heteroatoms. The van der Waals surface area contributed by atoms with Crippen LogP contribution in [0.2, 0.25) is 0 Å². The molecule has 0 aliphatic heterocycles. The van der Waals surface area contributed by atoms with Gasteiger partial charge in [-0.15, -0.1) is 0 Å². The van der Waals surface area contributed by atoms with Crippen molar-refractivity contribution >= 4 is 39.0 Å². The van der Waals surface area contributed by atoms with Crippen molar-refractivity contribution in [3.05, 3.63) is 65.9 Å². The summed E-state index contributed by atoms with van der Waals surface area (Å²) in [5, 5.41) is 16.4. The maximum Gasteiger partial charge on any atom is 0.135 e. The third-order valence-electron chi connectivity index (χ3n) is 5.53. The van der Waals surface area contributed by atoms with Gasteiger partial charge in [-0.25, -0.2) is 4.98 Å². The third-order valence-corrected chi connectivity index (χ3v) is 6.21. The Morgan fingerprint density at radius 1 is 0.939 bits per heavy atom. The predicted octanol–water partition coefficient (Wildman–Crippen LogP) is 6.11. The molecular formula is C25H21N7S. The van der Waals surface area contributed by atoms with Crippen LogP contribution in [0.15, 0.2) is 65.9 Å². The lowest BCUT2D eigenvalue weighted by Crippen LogP contribution is -2.09. The number of pyridine rings is 3. The van der Waals surface area contributed by atoms with E-state index in [2.05, 4.69) is 73.3 Å². The average molecular weight is 452 g/mol. The lowest BCUT2D eigenvalue weighted by Gasteiger charge is -2.10. The second kappa shape index (κ2) is 7.83. The van der Waals surface area contributed by atoms with E-state index in [1.54, 1.807) is 11.3 Å². The van der Waals surface area contributed by atoms with Gasteiger partial charge in [0, 0.05) is 41.1 Å². The number of anilines is 1. The van der Waals surface area contributed by atoms with Gasteiger partial charge >= 0.3 is 0 Å². The molecule has 0 aliphatic carbocycles. The SMILES string of the molecule is CC(C)Nc1cncc(-c2ccc3[nH]nc(-c4cc5c(-c6ccsc6)cncc5[nH]4)c3n2)c1. The van der Waals surface area contributed by atoms with E-state index in [0.717, 1.165) is 55.8 Å². The van der Waals surface area contributed by atoms with Crippen molar-refractivity contribution in [3.8, 4) is 33.8 Å². The Morgan fingerprint density at radius 2 is 1.85 bits per heavy atom. The van der Waals surface area contributed by atoms with Crippen LogP contribution in [0.3, 0.4) is 0 Å². The molecule has 0 saturated heterocycles. The molecule has 6 rings (SSSR count). The van der Waals surface area contributed by atoms with Gasteiger partial charge in [0.2, 0.25) is 0 Å². The number of nitrogens with one attached hydrogen (secondary N) is 3. The summed E-state index contributed by atoms with van der Waals surface area (Å²) in [7, 11) is 0. The third kappa shape index (κ3) is 3.54. The molecule has 0 aromatic carbocycles. The summed E-state index contributed by atoms with van der Waals surface area (Å²) in [6.45, 7) is 4.21. The largest absolute Gasteiger partial charge is 0.382 e. The van der Waals surface area contributed by atoms with Crippen molar-refractivity contribution in [2.45, 2.75) is 19.9 Å². The van der Waals surface area contributed by atoms with Gasteiger partial charge < -0.3 is 10.3 Å². The molecule has 0 saturated carbocycles. The summed E-state index contributed by atoms with van der Waals surface area (Å²) in [6, 6.07) is 10.6. The molecule has 3 N–H and O–H groups in total. The van der Waals surface area contributed by atoms with Gasteiger partial charge in [-0.3, -0.25) is 15.1 Å². The van der Waals surface area contributed by atoms with Crippen LogP contribution in [0.5, 0.6) is 0 Å². The highest BCUT2D eigenvalue weighted by atomic mass is 32.1. The Hall–Kier alpha value is -4.04. The number of fused-ring (bicyclic) bond motifs is 2. The Kier molecular flexibility index (Phi) is 4.66. The van der Waals surface area contributed by atoms with E-state index < -0.39 is 0 Å². The smallest absolute Gasteiger partial charge is 0.135 e. The molecule has 0 atom stereocenters. The molecule has 0 fully saturated rings. The van der Waals surface area contributed by atoms with Crippen LogP contribution >= 0.6 is 11.3 Å². The second-order valence-corrected chi connectivity index (χ2v) is 9.05. The lowest BCUT2D eigenvalue weighted by atomic mass is 10.1.